The molecule has 9 heteroatoms. The lowest BCUT2D eigenvalue weighted by atomic mass is 10.0. The summed E-state index contributed by atoms with van der Waals surface area (Å²) in [6.07, 6.45) is 1.84. The highest BCUT2D eigenvalue weighted by Gasteiger charge is 2.25. The highest BCUT2D eigenvalue weighted by atomic mass is 79.9. The van der Waals surface area contributed by atoms with E-state index in [9.17, 15) is 8.42 Å². The molecule has 0 saturated heterocycles. The minimum absolute atomic E-state index is 0.148. The van der Waals surface area contributed by atoms with Gasteiger partial charge >= 0.3 is 0 Å². The molecule has 0 aliphatic heterocycles. The first-order valence-corrected chi connectivity index (χ1v) is 10.3. The average Bonchev–Trinajstić information content (AvgIpc) is 3.07. The summed E-state index contributed by atoms with van der Waals surface area (Å²) < 4.78 is 30.8. The summed E-state index contributed by atoms with van der Waals surface area (Å²) in [5, 5.41) is 17.0. The third-order valence-electron chi connectivity index (χ3n) is 3.96. The van der Waals surface area contributed by atoms with Crippen LogP contribution in [0, 0.1) is 11.3 Å². The van der Waals surface area contributed by atoms with Gasteiger partial charge in [0.1, 0.15) is 6.33 Å². The van der Waals surface area contributed by atoms with Crippen molar-refractivity contribution < 1.29 is 8.42 Å². The van der Waals surface area contributed by atoms with Crippen LogP contribution in [0.1, 0.15) is 23.0 Å². The van der Waals surface area contributed by atoms with Crippen molar-refractivity contribution in [1.82, 2.24) is 19.5 Å². The van der Waals surface area contributed by atoms with E-state index in [2.05, 4.69) is 36.9 Å². The number of aromatic nitrogens is 3. The average molecular weight is 446 g/mol. The number of rotatable bonds is 6. The van der Waals surface area contributed by atoms with E-state index in [0.29, 0.717) is 22.3 Å². The number of nitrogens with zero attached hydrogens (tertiary/aromatic N) is 4. The van der Waals surface area contributed by atoms with E-state index >= 15 is 0 Å². The molecule has 138 valence electrons. The van der Waals surface area contributed by atoms with Crippen molar-refractivity contribution in [1.29, 1.82) is 5.26 Å². The summed E-state index contributed by atoms with van der Waals surface area (Å²) in [4.78, 5) is 0.148. The molecule has 0 aliphatic carbocycles. The lowest BCUT2D eigenvalue weighted by molar-refractivity contribution is 0.533. The first kappa shape index (κ1) is 19.2. The Morgan fingerprint density at radius 2 is 2.04 bits per heavy atom. The lowest BCUT2D eigenvalue weighted by Gasteiger charge is -2.18. The number of sulfonamides is 1. The van der Waals surface area contributed by atoms with Gasteiger partial charge in [0.05, 0.1) is 22.6 Å². The number of halogens is 1. The first-order chi connectivity index (χ1) is 12.9. The molecule has 3 rings (SSSR count). The normalized spacial score (nSPS) is 12.5. The van der Waals surface area contributed by atoms with Crippen LogP contribution in [0.25, 0.3) is 0 Å². The number of benzene rings is 2. The summed E-state index contributed by atoms with van der Waals surface area (Å²) in [6, 6.07) is 15.0. The topological polar surface area (TPSA) is 101 Å². The van der Waals surface area contributed by atoms with Gasteiger partial charge in [0.25, 0.3) is 0 Å². The Balaban J connectivity index is 1.96. The molecule has 1 N–H and O–H groups in total. The number of nitrogens with one attached hydrogen (secondary N) is 1. The summed E-state index contributed by atoms with van der Waals surface area (Å²) in [7, 11) is -2.04. The maximum Gasteiger partial charge on any atom is 0.241 e. The molecule has 0 saturated carbocycles. The van der Waals surface area contributed by atoms with Gasteiger partial charge in [0.2, 0.25) is 10.0 Å². The number of hydrogen-bond donors (Lipinski definition) is 1. The van der Waals surface area contributed by atoms with Crippen LogP contribution in [0.5, 0.6) is 0 Å². The van der Waals surface area contributed by atoms with Gasteiger partial charge in [0, 0.05) is 11.5 Å². The van der Waals surface area contributed by atoms with Crippen LogP contribution in [-0.4, -0.2) is 23.2 Å². The van der Waals surface area contributed by atoms with Crippen LogP contribution >= 0.6 is 15.9 Å². The zero-order chi connectivity index (χ0) is 19.4. The van der Waals surface area contributed by atoms with E-state index in [1.807, 2.05) is 6.07 Å². The molecule has 1 aromatic heterocycles. The highest BCUT2D eigenvalue weighted by Crippen LogP contribution is 2.22. The second kappa shape index (κ2) is 8.00. The molecular formula is C18H16BrN5O2S. The van der Waals surface area contributed by atoms with Crippen molar-refractivity contribution >= 4 is 26.0 Å². The predicted molar refractivity (Wildman–Crippen MR) is 103 cm³/mol. The number of hydrogen-bond acceptors (Lipinski definition) is 5. The molecule has 0 radical (unpaired) electrons. The SMILES string of the molecule is Cn1cnnc1[C@H](Cc1cccc(C#N)c1)NS(=O)(=O)c1cccc(Br)c1. The van der Waals surface area contributed by atoms with Crippen LogP contribution in [-0.2, 0) is 23.5 Å². The smallest absolute Gasteiger partial charge is 0.241 e. The van der Waals surface area contributed by atoms with Crippen LogP contribution in [0.2, 0.25) is 0 Å². The van der Waals surface area contributed by atoms with E-state index in [-0.39, 0.29) is 4.90 Å². The second-order valence-corrected chi connectivity index (χ2v) is 8.58. The molecule has 7 nitrogen and oxygen atoms in total. The molecule has 2 aromatic carbocycles. The molecule has 1 atom stereocenters. The molecule has 0 unspecified atom stereocenters. The fourth-order valence-corrected chi connectivity index (χ4v) is 4.48. The van der Waals surface area contributed by atoms with Gasteiger partial charge < -0.3 is 4.57 Å². The Labute approximate surface area is 165 Å². The standard InChI is InChI=1S/C18H16BrN5O2S/c1-24-12-21-22-18(24)17(9-13-4-2-5-14(8-13)11-20)23-27(25,26)16-7-3-6-15(19)10-16/h2-8,10,12,17,23H,9H2,1H3/t17-/m0/s1. The van der Waals surface area contributed by atoms with Crippen molar-refractivity contribution in [3.63, 3.8) is 0 Å². The van der Waals surface area contributed by atoms with E-state index in [4.69, 9.17) is 5.26 Å². The van der Waals surface area contributed by atoms with Crippen LogP contribution in [0.4, 0.5) is 0 Å². The Bertz CT molecular complexity index is 1100. The quantitative estimate of drug-likeness (QED) is 0.628. The lowest BCUT2D eigenvalue weighted by Crippen LogP contribution is -2.32. The van der Waals surface area contributed by atoms with Crippen molar-refractivity contribution in [2.24, 2.45) is 7.05 Å². The van der Waals surface area contributed by atoms with E-state index in [1.54, 1.807) is 41.9 Å². The summed E-state index contributed by atoms with van der Waals surface area (Å²) in [6.45, 7) is 0. The summed E-state index contributed by atoms with van der Waals surface area (Å²) >= 11 is 3.29. The van der Waals surface area contributed by atoms with Gasteiger partial charge in [-0.2, -0.15) is 5.26 Å². The minimum atomic E-state index is -3.79. The van der Waals surface area contributed by atoms with Crippen molar-refractivity contribution in [3.05, 3.63) is 76.3 Å². The summed E-state index contributed by atoms with van der Waals surface area (Å²) in [5.74, 6) is 0.482. The van der Waals surface area contributed by atoms with Crippen LogP contribution in [0.3, 0.4) is 0 Å². The molecule has 0 spiro atoms. The monoisotopic (exact) mass is 445 g/mol. The Morgan fingerprint density at radius 3 is 2.70 bits per heavy atom. The fraction of sp³-hybridized carbons (Fsp3) is 0.167. The molecule has 27 heavy (non-hydrogen) atoms. The fourth-order valence-electron chi connectivity index (χ4n) is 2.69. The van der Waals surface area contributed by atoms with Gasteiger partial charge in [-0.3, -0.25) is 0 Å². The maximum absolute atomic E-state index is 12.9. The van der Waals surface area contributed by atoms with Gasteiger partial charge in [-0.05, 0) is 42.3 Å². The van der Waals surface area contributed by atoms with Crippen molar-refractivity contribution in [3.8, 4) is 6.07 Å². The van der Waals surface area contributed by atoms with Crippen molar-refractivity contribution in [2.45, 2.75) is 17.4 Å². The first-order valence-electron chi connectivity index (χ1n) is 8.00. The number of nitriles is 1. The molecule has 0 aliphatic rings. The predicted octanol–water partition coefficient (Wildman–Crippen LogP) is 2.71. The molecule has 0 amide bonds. The van der Waals surface area contributed by atoms with E-state index in [0.717, 1.165) is 5.56 Å². The molecule has 0 bridgehead atoms. The third-order valence-corrected chi connectivity index (χ3v) is 5.92. The van der Waals surface area contributed by atoms with Gasteiger partial charge in [0.15, 0.2) is 5.82 Å². The zero-order valence-corrected chi connectivity index (χ0v) is 16.8. The molecule has 0 fully saturated rings. The van der Waals surface area contributed by atoms with Crippen LogP contribution in [0.15, 0.2) is 64.2 Å². The second-order valence-electron chi connectivity index (χ2n) is 5.95. The van der Waals surface area contributed by atoms with Crippen LogP contribution < -0.4 is 4.72 Å². The number of aryl methyl sites for hydroxylation is 1. The maximum atomic E-state index is 12.9. The Morgan fingerprint density at radius 1 is 1.26 bits per heavy atom. The third kappa shape index (κ3) is 4.60. The highest BCUT2D eigenvalue weighted by molar-refractivity contribution is 9.10. The Kier molecular flexibility index (Phi) is 5.70. The molecule has 3 aromatic rings. The Hall–Kier alpha value is -2.54. The van der Waals surface area contributed by atoms with Gasteiger partial charge in [-0.1, -0.05) is 34.1 Å². The summed E-state index contributed by atoms with van der Waals surface area (Å²) in [5.41, 5.74) is 1.33. The van der Waals surface area contributed by atoms with E-state index < -0.39 is 16.1 Å². The molecular weight excluding hydrogens is 430 g/mol. The largest absolute Gasteiger partial charge is 0.319 e. The van der Waals surface area contributed by atoms with Gasteiger partial charge in [-0.15, -0.1) is 10.2 Å². The molecule has 1 heterocycles. The van der Waals surface area contributed by atoms with E-state index in [1.165, 1.54) is 18.5 Å². The zero-order valence-electron chi connectivity index (χ0n) is 14.4. The minimum Gasteiger partial charge on any atom is -0.319 e. The van der Waals surface area contributed by atoms with Gasteiger partial charge in [-0.25, -0.2) is 13.1 Å². The van der Waals surface area contributed by atoms with Crippen molar-refractivity contribution in [2.75, 3.05) is 0 Å².